The highest BCUT2D eigenvalue weighted by atomic mass is 16.5. The third-order valence-corrected chi connectivity index (χ3v) is 3.83. The molecule has 1 aromatic heterocycles. The van der Waals surface area contributed by atoms with Gasteiger partial charge >= 0.3 is 11.7 Å². The summed E-state index contributed by atoms with van der Waals surface area (Å²) < 4.78 is 11.5. The zero-order valence-corrected chi connectivity index (χ0v) is 13.9. The zero-order chi connectivity index (χ0) is 18.4. The normalized spacial score (nSPS) is 23.2. The van der Waals surface area contributed by atoms with Crippen LogP contribution >= 0.6 is 0 Å². The molecule has 3 atom stereocenters. The fourth-order valence-electron chi connectivity index (χ4n) is 2.41. The number of aliphatic hydroxyl groups excluding tert-OH is 2. The number of nitrogens with one attached hydrogen (secondary N) is 1. The molecule has 1 aromatic rings. The molecule has 0 radical (unpaired) electrons. The molecule has 1 aliphatic rings. The van der Waals surface area contributed by atoms with Crippen LogP contribution in [0, 0.1) is 0 Å². The molecule has 9 heteroatoms. The number of ether oxygens (including phenoxy) is 2. The summed E-state index contributed by atoms with van der Waals surface area (Å²) in [6.07, 6.45) is 2.81. The van der Waals surface area contributed by atoms with Crippen LogP contribution in [0.3, 0.4) is 0 Å². The minimum Gasteiger partial charge on any atom is -0.463 e. The fourth-order valence-corrected chi connectivity index (χ4v) is 2.41. The first-order chi connectivity index (χ1) is 12.0. The lowest BCUT2D eigenvalue weighted by atomic mass is 10.2. The Morgan fingerprint density at radius 3 is 2.92 bits per heavy atom. The molecule has 2 heterocycles. The molecular formula is C16H22N2O7. The highest BCUT2D eigenvalue weighted by Crippen LogP contribution is 2.27. The molecule has 0 unspecified atom stereocenters. The Morgan fingerprint density at radius 1 is 1.52 bits per heavy atom. The number of aromatic nitrogens is 2. The SMILES string of the molecule is CCCCOC(=O)/C=C/c1cn([C@H]2C[C@H](O)[C@@H](CO)O2)c(=O)[nH]c1=O. The highest BCUT2D eigenvalue weighted by molar-refractivity contribution is 5.86. The van der Waals surface area contributed by atoms with Gasteiger partial charge in [-0.15, -0.1) is 0 Å². The van der Waals surface area contributed by atoms with Crippen LogP contribution in [0.4, 0.5) is 0 Å². The number of carbonyl (C=O) groups is 1. The smallest absolute Gasteiger partial charge is 0.330 e. The van der Waals surface area contributed by atoms with E-state index < -0.39 is 35.7 Å². The van der Waals surface area contributed by atoms with E-state index in [1.807, 2.05) is 6.92 Å². The first-order valence-corrected chi connectivity index (χ1v) is 8.11. The van der Waals surface area contributed by atoms with E-state index in [0.717, 1.165) is 23.5 Å². The van der Waals surface area contributed by atoms with Crippen LogP contribution in [0.25, 0.3) is 6.08 Å². The second-order valence-corrected chi connectivity index (χ2v) is 5.72. The maximum atomic E-state index is 12.0. The summed E-state index contributed by atoms with van der Waals surface area (Å²) in [6, 6.07) is 0. The predicted molar refractivity (Wildman–Crippen MR) is 87.8 cm³/mol. The van der Waals surface area contributed by atoms with E-state index in [4.69, 9.17) is 14.6 Å². The van der Waals surface area contributed by atoms with Crippen molar-refractivity contribution in [2.24, 2.45) is 0 Å². The van der Waals surface area contributed by atoms with Crippen LogP contribution < -0.4 is 11.2 Å². The van der Waals surface area contributed by atoms with Crippen molar-refractivity contribution < 1.29 is 24.5 Å². The van der Waals surface area contributed by atoms with Crippen molar-refractivity contribution in [3.63, 3.8) is 0 Å². The summed E-state index contributed by atoms with van der Waals surface area (Å²) in [7, 11) is 0. The summed E-state index contributed by atoms with van der Waals surface area (Å²) in [6.45, 7) is 1.88. The third-order valence-electron chi connectivity index (χ3n) is 3.83. The second-order valence-electron chi connectivity index (χ2n) is 5.72. The van der Waals surface area contributed by atoms with Gasteiger partial charge in [0.15, 0.2) is 0 Å². The monoisotopic (exact) mass is 354 g/mol. The largest absolute Gasteiger partial charge is 0.463 e. The quantitative estimate of drug-likeness (QED) is 0.343. The van der Waals surface area contributed by atoms with Crippen molar-refractivity contribution in [1.82, 2.24) is 9.55 Å². The summed E-state index contributed by atoms with van der Waals surface area (Å²) in [5.74, 6) is -0.585. The van der Waals surface area contributed by atoms with Gasteiger partial charge in [0.25, 0.3) is 5.56 Å². The van der Waals surface area contributed by atoms with Crippen LogP contribution in [-0.2, 0) is 14.3 Å². The molecule has 0 aromatic carbocycles. The Kier molecular flexibility index (Phi) is 6.68. The number of H-pyrrole nitrogens is 1. The number of aliphatic hydroxyl groups is 2. The van der Waals surface area contributed by atoms with Crippen molar-refractivity contribution in [2.45, 2.75) is 44.6 Å². The van der Waals surface area contributed by atoms with Gasteiger partial charge in [-0.25, -0.2) is 9.59 Å². The zero-order valence-electron chi connectivity index (χ0n) is 13.9. The Balaban J connectivity index is 2.17. The Hall–Kier alpha value is -2.23. The van der Waals surface area contributed by atoms with E-state index in [1.54, 1.807) is 0 Å². The van der Waals surface area contributed by atoms with Gasteiger partial charge in [-0.05, 0) is 12.5 Å². The number of aromatic amines is 1. The molecule has 3 N–H and O–H groups in total. The van der Waals surface area contributed by atoms with Crippen molar-refractivity contribution in [1.29, 1.82) is 0 Å². The van der Waals surface area contributed by atoms with Gasteiger partial charge in [-0.1, -0.05) is 13.3 Å². The minimum atomic E-state index is -0.915. The lowest BCUT2D eigenvalue weighted by molar-refractivity contribution is -0.137. The Morgan fingerprint density at radius 2 is 2.28 bits per heavy atom. The standard InChI is InChI=1S/C16H22N2O7/c1-2-3-6-24-14(21)5-4-10-8-18(16(23)17-15(10)22)13-7-11(20)12(9-19)25-13/h4-5,8,11-13,19-20H,2-3,6-7,9H2,1H3,(H,17,22,23)/b5-4+/t11-,12+,13+/m0/s1. The number of hydrogen-bond donors (Lipinski definition) is 3. The highest BCUT2D eigenvalue weighted by Gasteiger charge is 2.35. The van der Waals surface area contributed by atoms with Gasteiger partial charge in [0, 0.05) is 18.7 Å². The Labute approximate surface area is 143 Å². The molecule has 2 rings (SSSR count). The van der Waals surface area contributed by atoms with Gasteiger partial charge in [0.1, 0.15) is 12.3 Å². The first-order valence-electron chi connectivity index (χ1n) is 8.11. The maximum absolute atomic E-state index is 12.0. The van der Waals surface area contributed by atoms with Crippen LogP contribution in [0.2, 0.25) is 0 Å². The lowest BCUT2D eigenvalue weighted by Crippen LogP contribution is -2.33. The lowest BCUT2D eigenvalue weighted by Gasteiger charge is -2.14. The van der Waals surface area contributed by atoms with Gasteiger partial charge < -0.3 is 19.7 Å². The summed E-state index contributed by atoms with van der Waals surface area (Å²) in [5.41, 5.74) is -1.29. The van der Waals surface area contributed by atoms with Crippen LogP contribution in [0.15, 0.2) is 21.9 Å². The predicted octanol–water partition coefficient (Wildman–Crippen LogP) is -0.466. The molecule has 138 valence electrons. The van der Waals surface area contributed by atoms with E-state index >= 15 is 0 Å². The molecule has 0 spiro atoms. The molecular weight excluding hydrogens is 332 g/mol. The van der Waals surface area contributed by atoms with Crippen molar-refractivity contribution in [3.05, 3.63) is 38.7 Å². The van der Waals surface area contributed by atoms with Gasteiger partial charge in [0.2, 0.25) is 0 Å². The molecule has 0 saturated carbocycles. The molecule has 1 fully saturated rings. The molecule has 1 aliphatic heterocycles. The van der Waals surface area contributed by atoms with Crippen molar-refractivity contribution in [3.8, 4) is 0 Å². The summed E-state index contributed by atoms with van der Waals surface area (Å²) >= 11 is 0. The molecule has 9 nitrogen and oxygen atoms in total. The number of hydrogen-bond acceptors (Lipinski definition) is 7. The topological polar surface area (TPSA) is 131 Å². The average Bonchev–Trinajstić information content (AvgIpc) is 2.95. The maximum Gasteiger partial charge on any atom is 0.330 e. The third kappa shape index (κ3) is 4.88. The summed E-state index contributed by atoms with van der Waals surface area (Å²) in [5, 5.41) is 18.9. The Bertz CT molecular complexity index is 737. The average molecular weight is 354 g/mol. The van der Waals surface area contributed by atoms with E-state index in [-0.39, 0.29) is 18.6 Å². The van der Waals surface area contributed by atoms with Gasteiger partial charge in [-0.3, -0.25) is 14.3 Å². The van der Waals surface area contributed by atoms with Crippen LogP contribution in [0.5, 0.6) is 0 Å². The second kappa shape index (κ2) is 8.75. The van der Waals surface area contributed by atoms with Crippen molar-refractivity contribution in [2.75, 3.05) is 13.2 Å². The van der Waals surface area contributed by atoms with E-state index in [0.29, 0.717) is 6.61 Å². The number of nitrogens with zero attached hydrogens (tertiary/aromatic N) is 1. The van der Waals surface area contributed by atoms with Crippen LogP contribution in [-0.4, -0.2) is 51.2 Å². The molecule has 0 amide bonds. The first kappa shape index (κ1) is 19.1. The van der Waals surface area contributed by atoms with Crippen LogP contribution in [0.1, 0.15) is 38.0 Å². The molecule has 0 bridgehead atoms. The number of unbranched alkanes of at least 4 members (excludes halogenated alkanes) is 1. The van der Waals surface area contributed by atoms with E-state index in [2.05, 4.69) is 4.98 Å². The molecule has 25 heavy (non-hydrogen) atoms. The number of carbonyl (C=O) groups excluding carboxylic acids is 1. The van der Waals surface area contributed by atoms with Gasteiger partial charge in [0.05, 0.1) is 24.9 Å². The van der Waals surface area contributed by atoms with E-state index in [1.165, 1.54) is 12.3 Å². The summed E-state index contributed by atoms with van der Waals surface area (Å²) in [4.78, 5) is 37.5. The van der Waals surface area contributed by atoms with Gasteiger partial charge in [-0.2, -0.15) is 0 Å². The van der Waals surface area contributed by atoms with Crippen molar-refractivity contribution >= 4 is 12.0 Å². The number of esters is 1. The fraction of sp³-hybridized carbons (Fsp3) is 0.562. The van der Waals surface area contributed by atoms with E-state index in [9.17, 15) is 19.5 Å². The molecule has 0 aliphatic carbocycles. The molecule has 1 saturated heterocycles. The number of rotatable bonds is 7. The minimum absolute atomic E-state index is 0.0672.